The van der Waals surface area contributed by atoms with Crippen molar-refractivity contribution in [3.63, 3.8) is 0 Å². The summed E-state index contributed by atoms with van der Waals surface area (Å²) in [5.41, 5.74) is 5.80. The van der Waals surface area contributed by atoms with Gasteiger partial charge in [-0.05, 0) is 56.7 Å². The summed E-state index contributed by atoms with van der Waals surface area (Å²) in [6.07, 6.45) is 13.3. The molecule has 4 aliphatic rings. The summed E-state index contributed by atoms with van der Waals surface area (Å²) < 4.78 is 0. The molecule has 41 heavy (non-hydrogen) atoms. The van der Waals surface area contributed by atoms with E-state index in [4.69, 9.17) is 4.99 Å². The normalized spacial score (nSPS) is 27.6. The van der Waals surface area contributed by atoms with E-state index in [1.54, 1.807) is 0 Å². The fourth-order valence-electron chi connectivity index (χ4n) is 8.24. The van der Waals surface area contributed by atoms with Gasteiger partial charge in [0.15, 0.2) is 0 Å². The monoisotopic (exact) mass is 555 g/mol. The lowest BCUT2D eigenvalue weighted by Gasteiger charge is -2.49. The summed E-state index contributed by atoms with van der Waals surface area (Å²) in [5.74, 6) is 0.233. The molecule has 0 spiro atoms. The van der Waals surface area contributed by atoms with Gasteiger partial charge >= 0.3 is 0 Å². The molecule has 0 radical (unpaired) electrons. The summed E-state index contributed by atoms with van der Waals surface area (Å²) in [4.78, 5) is 23.8. The molecule has 6 heteroatoms. The van der Waals surface area contributed by atoms with Crippen molar-refractivity contribution in [1.29, 1.82) is 0 Å². The summed E-state index contributed by atoms with van der Waals surface area (Å²) in [5, 5.41) is 7.64. The Morgan fingerprint density at radius 1 is 0.927 bits per heavy atom. The quantitative estimate of drug-likeness (QED) is 0.443. The van der Waals surface area contributed by atoms with Crippen molar-refractivity contribution in [2.24, 2.45) is 4.99 Å². The molecule has 0 bridgehead atoms. The topological polar surface area (TPSA) is 60.0 Å². The number of benzene rings is 2. The molecule has 2 aliphatic carbocycles. The van der Waals surface area contributed by atoms with E-state index in [0.717, 1.165) is 63.7 Å². The number of amides is 1. The van der Waals surface area contributed by atoms with Gasteiger partial charge in [0, 0.05) is 56.9 Å². The molecule has 0 aromatic heterocycles. The maximum Gasteiger partial charge on any atom is 0.234 e. The highest BCUT2D eigenvalue weighted by Gasteiger charge is 2.49. The molecule has 3 atom stereocenters. The van der Waals surface area contributed by atoms with E-state index in [0.29, 0.717) is 6.54 Å². The van der Waals surface area contributed by atoms with Gasteiger partial charge in [0.25, 0.3) is 0 Å². The minimum Gasteiger partial charge on any atom is -0.347 e. The van der Waals surface area contributed by atoms with Crippen LogP contribution in [0.4, 0.5) is 5.69 Å². The molecule has 3 fully saturated rings. The van der Waals surface area contributed by atoms with Crippen LogP contribution in [-0.2, 0) is 11.3 Å². The highest BCUT2D eigenvalue weighted by atomic mass is 16.2. The first kappa shape index (κ1) is 28.6. The van der Waals surface area contributed by atoms with E-state index >= 15 is 0 Å². The highest BCUT2D eigenvalue weighted by molar-refractivity contribution is 5.85. The van der Waals surface area contributed by atoms with E-state index < -0.39 is 5.54 Å². The maximum absolute atomic E-state index is 13.9. The Labute approximate surface area is 247 Å². The predicted octanol–water partition coefficient (Wildman–Crippen LogP) is 5.64. The number of aryl methyl sites for hydroxylation is 2. The second-order valence-electron chi connectivity index (χ2n) is 13.2. The third-order valence-corrected chi connectivity index (χ3v) is 10.2. The van der Waals surface area contributed by atoms with Gasteiger partial charge in [0.05, 0.1) is 17.8 Å². The molecule has 220 valence electrons. The fourth-order valence-corrected chi connectivity index (χ4v) is 8.24. The molecule has 6 rings (SSSR count). The number of hydrogen-bond donors (Lipinski definition) is 2. The minimum absolute atomic E-state index is 0.0721. The number of carbonyl (C=O) groups is 1. The molecule has 2 aliphatic heterocycles. The summed E-state index contributed by atoms with van der Waals surface area (Å²) >= 11 is 0. The van der Waals surface area contributed by atoms with Crippen molar-refractivity contribution < 1.29 is 4.79 Å². The van der Waals surface area contributed by atoms with Gasteiger partial charge in [0.1, 0.15) is 0 Å². The number of nitrogens with zero attached hydrogens (tertiary/aromatic N) is 3. The van der Waals surface area contributed by atoms with Gasteiger partial charge in [-0.25, -0.2) is 0 Å². The SMILES string of the molecule is Cc1cc(C)cc(CNC2CCCCC2(NC(=O)CN2CCN(C3CCCCC3)CC2)C2C=Nc3ccccc32)c1. The average molecular weight is 556 g/mol. The van der Waals surface area contributed by atoms with Gasteiger partial charge in [-0.1, -0.05) is 79.6 Å². The minimum atomic E-state index is -0.395. The summed E-state index contributed by atoms with van der Waals surface area (Å²) in [6.45, 7) is 9.77. The van der Waals surface area contributed by atoms with Crippen LogP contribution in [0, 0.1) is 13.8 Å². The Hall–Kier alpha value is -2.54. The standard InChI is InChI=1S/C35H49N5O/c1-26-20-27(2)22-28(21-26)23-37-33-14-8-9-15-35(33,31-24-36-32-13-7-6-12-30(31)32)38-34(41)25-39-16-18-40(19-17-39)29-10-4-3-5-11-29/h6-7,12-13,20-22,24,29,31,33,37H,3-5,8-11,14-19,23,25H2,1-2H3,(H,38,41). The van der Waals surface area contributed by atoms with Crippen LogP contribution in [0.15, 0.2) is 47.5 Å². The van der Waals surface area contributed by atoms with Gasteiger partial charge in [0.2, 0.25) is 5.91 Å². The van der Waals surface area contributed by atoms with E-state index in [2.05, 4.69) is 83.0 Å². The Balaban J connectivity index is 1.18. The average Bonchev–Trinajstić information content (AvgIpc) is 3.42. The molecule has 2 heterocycles. The van der Waals surface area contributed by atoms with Crippen LogP contribution in [0.1, 0.15) is 86.0 Å². The molecular weight excluding hydrogens is 506 g/mol. The van der Waals surface area contributed by atoms with Crippen LogP contribution in [0.5, 0.6) is 0 Å². The molecule has 6 nitrogen and oxygen atoms in total. The summed E-state index contributed by atoms with van der Waals surface area (Å²) in [7, 11) is 0. The van der Waals surface area contributed by atoms with Crippen molar-refractivity contribution in [2.75, 3.05) is 32.7 Å². The number of para-hydroxylation sites is 1. The molecule has 2 N–H and O–H groups in total. The van der Waals surface area contributed by atoms with E-state index in [1.807, 2.05) is 0 Å². The number of carbonyl (C=O) groups excluding carboxylic acids is 1. The molecule has 2 aromatic rings. The first-order valence-electron chi connectivity index (χ1n) is 16.2. The van der Waals surface area contributed by atoms with Crippen LogP contribution in [0.2, 0.25) is 0 Å². The number of fused-ring (bicyclic) bond motifs is 1. The van der Waals surface area contributed by atoms with Crippen molar-refractivity contribution in [1.82, 2.24) is 20.4 Å². The lowest BCUT2D eigenvalue weighted by Crippen LogP contribution is -2.66. The Bertz CT molecular complexity index is 1210. The maximum atomic E-state index is 13.9. The molecular formula is C35H49N5O. The molecule has 1 saturated heterocycles. The fraction of sp³-hybridized carbons (Fsp3) is 0.600. The highest BCUT2D eigenvalue weighted by Crippen LogP contribution is 2.45. The first-order chi connectivity index (χ1) is 20.0. The van der Waals surface area contributed by atoms with E-state index in [9.17, 15) is 4.79 Å². The molecule has 2 aromatic carbocycles. The first-order valence-corrected chi connectivity index (χ1v) is 16.2. The number of rotatable bonds is 8. The van der Waals surface area contributed by atoms with Gasteiger partial charge < -0.3 is 10.6 Å². The number of piperazine rings is 1. The largest absolute Gasteiger partial charge is 0.347 e. The predicted molar refractivity (Wildman–Crippen MR) is 168 cm³/mol. The van der Waals surface area contributed by atoms with Crippen molar-refractivity contribution in [3.05, 3.63) is 64.7 Å². The Morgan fingerprint density at radius 2 is 1.66 bits per heavy atom. The second-order valence-corrected chi connectivity index (χ2v) is 13.2. The van der Waals surface area contributed by atoms with Crippen LogP contribution in [0.25, 0.3) is 0 Å². The molecule has 1 amide bonds. The smallest absolute Gasteiger partial charge is 0.234 e. The lowest BCUT2D eigenvalue weighted by atomic mass is 9.67. The van der Waals surface area contributed by atoms with Gasteiger partial charge in [-0.2, -0.15) is 0 Å². The van der Waals surface area contributed by atoms with E-state index in [-0.39, 0.29) is 17.9 Å². The third kappa shape index (κ3) is 6.45. The number of aliphatic imine (C=N–C) groups is 1. The van der Waals surface area contributed by atoms with Gasteiger partial charge in [-0.3, -0.25) is 19.6 Å². The van der Waals surface area contributed by atoms with Crippen LogP contribution < -0.4 is 10.6 Å². The van der Waals surface area contributed by atoms with Crippen molar-refractivity contribution in [3.8, 4) is 0 Å². The van der Waals surface area contributed by atoms with Gasteiger partial charge in [-0.15, -0.1) is 0 Å². The zero-order chi connectivity index (χ0) is 28.2. The molecule has 3 unspecified atom stereocenters. The lowest BCUT2D eigenvalue weighted by molar-refractivity contribution is -0.125. The Kier molecular flexibility index (Phi) is 8.90. The Morgan fingerprint density at radius 3 is 2.44 bits per heavy atom. The van der Waals surface area contributed by atoms with Crippen LogP contribution in [0.3, 0.4) is 0 Å². The zero-order valence-electron chi connectivity index (χ0n) is 25.2. The summed E-state index contributed by atoms with van der Waals surface area (Å²) in [6, 6.07) is 16.2. The zero-order valence-corrected chi connectivity index (χ0v) is 25.2. The second kappa shape index (κ2) is 12.8. The third-order valence-electron chi connectivity index (χ3n) is 10.2. The number of hydrogen-bond acceptors (Lipinski definition) is 5. The molecule has 2 saturated carbocycles. The van der Waals surface area contributed by atoms with Crippen molar-refractivity contribution >= 4 is 17.8 Å². The van der Waals surface area contributed by atoms with E-state index in [1.165, 1.54) is 60.8 Å². The number of nitrogens with one attached hydrogen (secondary N) is 2. The van der Waals surface area contributed by atoms with Crippen molar-refractivity contribution in [2.45, 2.75) is 102 Å². The van der Waals surface area contributed by atoms with Crippen LogP contribution >= 0.6 is 0 Å². The van der Waals surface area contributed by atoms with Crippen LogP contribution in [-0.4, -0.2) is 72.3 Å².